The van der Waals surface area contributed by atoms with Crippen molar-refractivity contribution in [2.45, 2.75) is 58.0 Å². The van der Waals surface area contributed by atoms with Crippen LogP contribution in [-0.4, -0.2) is 47.1 Å². The topological polar surface area (TPSA) is 69.6 Å². The molecule has 20 heavy (non-hydrogen) atoms. The summed E-state index contributed by atoms with van der Waals surface area (Å²) in [7, 11) is 0. The maximum absolute atomic E-state index is 12.4. The Morgan fingerprint density at radius 1 is 1.20 bits per heavy atom. The van der Waals surface area contributed by atoms with Crippen molar-refractivity contribution in [2.24, 2.45) is 5.41 Å². The third-order valence-electron chi connectivity index (χ3n) is 4.83. The summed E-state index contributed by atoms with van der Waals surface area (Å²) in [6.45, 7) is 4.89. The molecule has 2 fully saturated rings. The Morgan fingerprint density at radius 3 is 2.40 bits per heavy atom. The predicted molar refractivity (Wildman–Crippen MR) is 76.0 cm³/mol. The van der Waals surface area contributed by atoms with Crippen molar-refractivity contribution >= 4 is 11.8 Å². The predicted octanol–water partition coefficient (Wildman–Crippen LogP) is 1.06. The van der Waals surface area contributed by atoms with Crippen molar-refractivity contribution in [3.05, 3.63) is 0 Å². The number of likely N-dealkylation sites (tertiary alicyclic amines) is 1. The van der Waals surface area contributed by atoms with Gasteiger partial charge in [-0.15, -0.1) is 0 Å². The van der Waals surface area contributed by atoms with Crippen molar-refractivity contribution in [3.63, 3.8) is 0 Å². The summed E-state index contributed by atoms with van der Waals surface area (Å²) in [6, 6.07) is 0. The van der Waals surface area contributed by atoms with E-state index in [1.807, 2.05) is 6.92 Å². The molecule has 1 aliphatic heterocycles. The summed E-state index contributed by atoms with van der Waals surface area (Å²) >= 11 is 0. The highest BCUT2D eigenvalue weighted by Crippen LogP contribution is 2.31. The van der Waals surface area contributed by atoms with Gasteiger partial charge in [-0.3, -0.25) is 9.59 Å². The molecule has 1 saturated carbocycles. The second-order valence-electron chi connectivity index (χ2n) is 6.72. The van der Waals surface area contributed by atoms with Crippen molar-refractivity contribution in [3.8, 4) is 0 Å². The highest BCUT2D eigenvalue weighted by atomic mass is 16.3. The molecule has 0 radical (unpaired) electrons. The van der Waals surface area contributed by atoms with E-state index in [0.29, 0.717) is 26.1 Å². The van der Waals surface area contributed by atoms with E-state index in [9.17, 15) is 14.7 Å². The summed E-state index contributed by atoms with van der Waals surface area (Å²) in [4.78, 5) is 25.4. The molecule has 0 aromatic carbocycles. The molecule has 1 heterocycles. The van der Waals surface area contributed by atoms with E-state index in [4.69, 9.17) is 0 Å². The molecular weight excluding hydrogens is 256 g/mol. The van der Waals surface area contributed by atoms with Crippen molar-refractivity contribution in [1.82, 2.24) is 10.2 Å². The van der Waals surface area contributed by atoms with Crippen LogP contribution in [0.25, 0.3) is 0 Å². The monoisotopic (exact) mass is 282 g/mol. The molecule has 2 aliphatic rings. The molecule has 0 spiro atoms. The normalized spacial score (nSPS) is 29.2. The van der Waals surface area contributed by atoms with Crippen LogP contribution in [0.2, 0.25) is 0 Å². The maximum Gasteiger partial charge on any atom is 0.227 e. The number of hydrogen-bond donors (Lipinski definition) is 2. The number of carbonyl (C=O) groups excluding carboxylic acids is 2. The second-order valence-corrected chi connectivity index (χ2v) is 6.72. The van der Waals surface area contributed by atoms with E-state index in [2.05, 4.69) is 5.32 Å². The van der Waals surface area contributed by atoms with Gasteiger partial charge >= 0.3 is 0 Å². The van der Waals surface area contributed by atoms with Gasteiger partial charge in [-0.25, -0.2) is 0 Å². The Kier molecular flexibility index (Phi) is 4.37. The van der Waals surface area contributed by atoms with Crippen LogP contribution < -0.4 is 5.32 Å². The van der Waals surface area contributed by atoms with Crippen LogP contribution in [0.5, 0.6) is 0 Å². The lowest BCUT2D eigenvalue weighted by molar-refractivity contribution is -0.132. The number of hydrogen-bond acceptors (Lipinski definition) is 3. The first-order valence-corrected chi connectivity index (χ1v) is 7.61. The Hall–Kier alpha value is -1.10. The SMILES string of the molecule is CC(=O)N1CCC(C)(C(=O)NCC2(O)CCCCC2)C1. The largest absolute Gasteiger partial charge is 0.388 e. The molecule has 0 aromatic heterocycles. The lowest BCUT2D eigenvalue weighted by Gasteiger charge is -2.33. The molecule has 0 bridgehead atoms. The average Bonchev–Trinajstić information content (AvgIpc) is 2.81. The minimum atomic E-state index is -0.733. The summed E-state index contributed by atoms with van der Waals surface area (Å²) in [6.07, 6.45) is 5.45. The highest BCUT2D eigenvalue weighted by molar-refractivity contribution is 5.84. The summed E-state index contributed by atoms with van der Waals surface area (Å²) in [5.41, 5.74) is -1.25. The summed E-state index contributed by atoms with van der Waals surface area (Å²) in [5.74, 6) is -0.0207. The van der Waals surface area contributed by atoms with Crippen LogP contribution in [0.1, 0.15) is 52.4 Å². The van der Waals surface area contributed by atoms with E-state index in [-0.39, 0.29) is 11.8 Å². The molecule has 114 valence electrons. The molecule has 2 N–H and O–H groups in total. The number of nitrogens with zero attached hydrogens (tertiary/aromatic N) is 1. The third kappa shape index (κ3) is 3.32. The summed E-state index contributed by atoms with van der Waals surface area (Å²) < 4.78 is 0. The van der Waals surface area contributed by atoms with Gasteiger partial charge in [-0.2, -0.15) is 0 Å². The number of amides is 2. The van der Waals surface area contributed by atoms with E-state index < -0.39 is 11.0 Å². The van der Waals surface area contributed by atoms with Gasteiger partial charge in [0, 0.05) is 26.6 Å². The zero-order valence-electron chi connectivity index (χ0n) is 12.6. The molecule has 2 amide bonds. The molecule has 1 atom stereocenters. The molecule has 1 aliphatic carbocycles. The zero-order valence-corrected chi connectivity index (χ0v) is 12.6. The third-order valence-corrected chi connectivity index (χ3v) is 4.83. The van der Waals surface area contributed by atoms with Crippen molar-refractivity contribution in [1.29, 1.82) is 0 Å². The standard InChI is InChI=1S/C15H26N2O3/c1-12(18)17-9-8-14(2,11-17)13(19)16-10-15(20)6-4-3-5-7-15/h20H,3-11H2,1-2H3,(H,16,19). The first-order valence-electron chi connectivity index (χ1n) is 7.61. The molecule has 2 rings (SSSR count). The fourth-order valence-electron chi connectivity index (χ4n) is 3.26. The molecular formula is C15H26N2O3. The molecule has 1 unspecified atom stereocenters. The number of rotatable bonds is 3. The van der Waals surface area contributed by atoms with Gasteiger partial charge in [-0.1, -0.05) is 19.3 Å². The second kappa shape index (κ2) is 5.72. The Bertz CT molecular complexity index is 391. The first kappa shape index (κ1) is 15.3. The van der Waals surface area contributed by atoms with Gasteiger partial charge in [-0.05, 0) is 26.2 Å². The number of aliphatic hydroxyl groups is 1. The van der Waals surface area contributed by atoms with E-state index in [0.717, 1.165) is 25.7 Å². The number of carbonyl (C=O) groups is 2. The van der Waals surface area contributed by atoms with Gasteiger partial charge in [0.25, 0.3) is 0 Å². The van der Waals surface area contributed by atoms with Gasteiger partial charge in [0.2, 0.25) is 11.8 Å². The van der Waals surface area contributed by atoms with Gasteiger partial charge < -0.3 is 15.3 Å². The van der Waals surface area contributed by atoms with E-state index in [1.165, 1.54) is 13.3 Å². The van der Waals surface area contributed by atoms with Crippen molar-refractivity contribution in [2.75, 3.05) is 19.6 Å². The van der Waals surface area contributed by atoms with Crippen LogP contribution in [0, 0.1) is 5.41 Å². The smallest absolute Gasteiger partial charge is 0.227 e. The molecule has 1 saturated heterocycles. The van der Waals surface area contributed by atoms with E-state index in [1.54, 1.807) is 4.90 Å². The fraction of sp³-hybridized carbons (Fsp3) is 0.867. The van der Waals surface area contributed by atoms with Crippen LogP contribution in [0.15, 0.2) is 0 Å². The van der Waals surface area contributed by atoms with Gasteiger partial charge in [0.1, 0.15) is 0 Å². The maximum atomic E-state index is 12.4. The van der Waals surface area contributed by atoms with Crippen LogP contribution in [0.4, 0.5) is 0 Å². The summed E-state index contributed by atoms with van der Waals surface area (Å²) in [5, 5.41) is 13.3. The highest BCUT2D eigenvalue weighted by Gasteiger charge is 2.42. The average molecular weight is 282 g/mol. The Labute approximate surface area is 120 Å². The van der Waals surface area contributed by atoms with E-state index >= 15 is 0 Å². The Morgan fingerprint density at radius 2 is 1.85 bits per heavy atom. The van der Waals surface area contributed by atoms with Crippen LogP contribution in [-0.2, 0) is 9.59 Å². The molecule has 5 nitrogen and oxygen atoms in total. The molecule has 5 heteroatoms. The van der Waals surface area contributed by atoms with Crippen LogP contribution in [0.3, 0.4) is 0 Å². The van der Waals surface area contributed by atoms with Crippen LogP contribution >= 0.6 is 0 Å². The number of nitrogens with one attached hydrogen (secondary N) is 1. The molecule has 0 aromatic rings. The minimum absolute atomic E-state index is 0.0208. The minimum Gasteiger partial charge on any atom is -0.388 e. The lowest BCUT2D eigenvalue weighted by atomic mass is 9.84. The van der Waals surface area contributed by atoms with Gasteiger partial charge in [0.15, 0.2) is 0 Å². The quantitative estimate of drug-likeness (QED) is 0.813. The van der Waals surface area contributed by atoms with Gasteiger partial charge in [0.05, 0.1) is 11.0 Å². The zero-order chi connectivity index (χ0) is 14.8. The van der Waals surface area contributed by atoms with Crippen molar-refractivity contribution < 1.29 is 14.7 Å². The fourth-order valence-corrected chi connectivity index (χ4v) is 3.26. The first-order chi connectivity index (χ1) is 9.35. The lowest BCUT2D eigenvalue weighted by Crippen LogP contribution is -2.49. The Balaban J connectivity index is 1.87.